The average Bonchev–Trinajstić information content (AvgIpc) is 1.58. The highest BCUT2D eigenvalue weighted by Crippen LogP contribution is 2.44. The highest BCUT2D eigenvalue weighted by molar-refractivity contribution is 6.37. The number of nitrogens with zero attached hydrogens (tertiary/aromatic N) is 4. The highest BCUT2D eigenvalue weighted by atomic mass is 14.9. The molecule has 0 spiro atoms. The summed E-state index contributed by atoms with van der Waals surface area (Å²) < 4.78 is 0. The molecule has 4 aromatic heterocycles. The van der Waals surface area contributed by atoms with E-state index in [2.05, 4.69) is 307 Å². The minimum atomic E-state index is 0.339. The molecule has 16 bridgehead atoms. The molecule has 560 valence electrons. The number of aromatic nitrogens is 4. The average molecular weight is 1430 g/mol. The Morgan fingerprint density at radius 1 is 0.222 bits per heavy atom. The van der Waals surface area contributed by atoms with Gasteiger partial charge in [0.05, 0.1) is 88.4 Å². The molecule has 0 saturated carbocycles. The molecule has 0 fully saturated rings. The van der Waals surface area contributed by atoms with Crippen LogP contribution in [0.5, 0.6) is 0 Å². The van der Waals surface area contributed by atoms with Crippen LogP contribution in [0, 0.1) is 85.7 Å². The van der Waals surface area contributed by atoms with E-state index in [-0.39, 0.29) is 0 Å². The number of aliphatic imine (C=N–C) groups is 4. The van der Waals surface area contributed by atoms with Crippen molar-refractivity contribution in [1.82, 2.24) is 19.9 Å². The van der Waals surface area contributed by atoms with Gasteiger partial charge in [0.1, 0.15) is 0 Å². The Labute approximate surface area is 644 Å². The van der Waals surface area contributed by atoms with Gasteiger partial charge >= 0.3 is 0 Å². The highest BCUT2D eigenvalue weighted by Gasteiger charge is 2.37. The van der Waals surface area contributed by atoms with Gasteiger partial charge < -0.3 is 19.9 Å². The normalized spacial score (nSPS) is 15.9. The van der Waals surface area contributed by atoms with E-state index in [9.17, 15) is 0 Å². The van der Waals surface area contributed by atoms with Crippen LogP contribution in [0.15, 0.2) is 197 Å². The van der Waals surface area contributed by atoms with Gasteiger partial charge in [-0.05, 0) is 265 Å². The van der Waals surface area contributed by atoms with Crippen LogP contribution < -0.4 is 32.1 Å². The second-order valence-electron chi connectivity index (χ2n) is 35.3. The first-order valence-corrected chi connectivity index (χ1v) is 40.8. The largest absolute Gasteiger partial charge is 0.353 e. The van der Waals surface area contributed by atoms with Crippen molar-refractivity contribution in [3.05, 3.63) is 287 Å². The van der Waals surface area contributed by atoms with Gasteiger partial charge in [-0.1, -0.05) is 232 Å². The Morgan fingerprint density at radius 3 is 0.620 bits per heavy atom. The van der Waals surface area contributed by atoms with Crippen molar-refractivity contribution in [2.45, 2.75) is 218 Å². The Bertz CT molecular complexity index is 5360. The van der Waals surface area contributed by atoms with Crippen LogP contribution in [-0.4, -0.2) is 42.8 Å². The van der Waals surface area contributed by atoms with Crippen LogP contribution in [0.3, 0.4) is 0 Å². The van der Waals surface area contributed by atoms with Crippen molar-refractivity contribution in [1.29, 1.82) is 0 Å². The first kappa shape index (κ1) is 76.8. The maximum Gasteiger partial charge on any atom is 0.0929 e. The number of rotatable bonds is 20. The quantitative estimate of drug-likeness (QED) is 0.0583. The first-order valence-electron chi connectivity index (χ1n) is 40.8. The number of aromatic amines is 4. The first-order chi connectivity index (χ1) is 51.5. The molecule has 0 unspecified atom stereocenters. The Hall–Kier alpha value is -9.40. The number of hydrogen-bond donors (Lipinski definition) is 4. The molecule has 0 radical (unpaired) electrons. The van der Waals surface area contributed by atoms with Crippen LogP contribution in [0.25, 0.3) is 33.7 Å². The summed E-state index contributed by atoms with van der Waals surface area (Å²) in [5.74, 6) is 2.79. The van der Waals surface area contributed by atoms with Crippen LogP contribution in [0.2, 0.25) is 0 Å². The van der Waals surface area contributed by atoms with Gasteiger partial charge in [-0.15, -0.1) is 0 Å². The third-order valence-corrected chi connectivity index (χ3v) is 22.8. The topological polar surface area (TPSA) is 113 Å². The van der Waals surface area contributed by atoms with E-state index in [0.29, 0.717) is 47.3 Å². The maximum atomic E-state index is 6.20. The molecule has 0 aliphatic carbocycles. The van der Waals surface area contributed by atoms with Gasteiger partial charge in [-0.2, -0.15) is 0 Å². The number of nitrogens with one attached hydrogen (secondary N) is 4. The van der Waals surface area contributed by atoms with Crippen molar-refractivity contribution in [3.63, 3.8) is 0 Å². The van der Waals surface area contributed by atoms with E-state index in [4.69, 9.17) is 20.0 Å². The molecular formula is C100H120N8. The van der Waals surface area contributed by atoms with Gasteiger partial charge in [-0.3, -0.25) is 0 Å². The summed E-state index contributed by atoms with van der Waals surface area (Å²) in [6, 6.07) is 44.7. The summed E-state index contributed by atoms with van der Waals surface area (Å²) in [7, 11) is 0. The fraction of sp³-hybridized carbons (Fsp3) is 0.400. The molecule has 5 aliphatic heterocycles. The zero-order valence-corrected chi connectivity index (χ0v) is 69.6. The van der Waals surface area contributed by atoms with E-state index in [1.165, 1.54) is 89.1 Å². The zero-order valence-electron chi connectivity index (χ0n) is 69.6. The van der Waals surface area contributed by atoms with Crippen LogP contribution in [-0.2, 0) is 25.7 Å². The SMILES string of the molecule is CC1=C(CC(C)C)C2=NC1=C1N=C(C(CC(C)C)=C1C)C(c1ccccc1)=c1[nH]c(c(C)c1CC(C)C)=C1N=C(C(CC(C)C)=C1C)C(c1ccccc1)=c1[nH]c(c(C)c1CC(C)C)=c1[nH]c(c(CC(C)C)c1C)=C(c1ccccc1)C1=NC(=c3[nH]c(c(CC(C)C)c3C)=C2c2ccccc2)C(C)=C1CC(C)C. The molecule has 4 aromatic carbocycles. The second kappa shape index (κ2) is 31.3. The van der Waals surface area contributed by atoms with Crippen LogP contribution >= 0.6 is 0 Å². The lowest BCUT2D eigenvalue weighted by molar-refractivity contribution is 0.643. The van der Waals surface area contributed by atoms with Crippen molar-refractivity contribution in [2.75, 3.05) is 0 Å². The summed E-state index contributed by atoms with van der Waals surface area (Å²) in [5, 5.41) is 8.86. The standard InChI is InChI=1S/C100H120N8/c1-53(2)45-73-61(17)85-86-62(18)75(47-55(5)6)95(102-86)82(70-39-31-26-32-40-70)96-77(49-57(9)10)65(21)89(105-96)90-66(22)79(51-59(13)14)99(106-90)84(72-43-35-28-36-44-72)100-80(52-60(15)16)68(24)92(108-100)91-67(23)78(50-58(11)12)98(107-91)83(71-41-33-27-34-42-71)97-76(48-56(7)8)64(20)88(104-97)87-63(19)74(46-54(3)4)94(103-87)81(93(73)101-85)69-37-29-25-30-38-69/h25-44,53-60,101-102,104,106H,45-52H2,1-24H3. The van der Waals surface area contributed by atoms with Gasteiger partial charge in [0.2, 0.25) is 0 Å². The molecular weight excluding hydrogens is 1310 g/mol. The van der Waals surface area contributed by atoms with Crippen molar-refractivity contribution in [2.24, 2.45) is 67.3 Å². The molecule has 8 nitrogen and oxygen atoms in total. The molecule has 4 N–H and O–H groups in total. The predicted octanol–water partition coefficient (Wildman–Crippen LogP) is 20.2. The molecule has 5 aliphatic rings. The van der Waals surface area contributed by atoms with E-state index < -0.39 is 0 Å². The molecule has 8 heteroatoms. The van der Waals surface area contributed by atoms with Crippen molar-refractivity contribution in [3.8, 4) is 0 Å². The predicted molar refractivity (Wildman–Crippen MR) is 460 cm³/mol. The summed E-state index contributed by atoms with van der Waals surface area (Å²) in [6.07, 6.45) is 6.89. The summed E-state index contributed by atoms with van der Waals surface area (Å²) in [6.45, 7) is 56.7. The maximum absolute atomic E-state index is 6.20. The summed E-state index contributed by atoms with van der Waals surface area (Å²) in [5.41, 5.74) is 37.2. The number of hydrogen-bond acceptors (Lipinski definition) is 4. The van der Waals surface area contributed by atoms with Gasteiger partial charge in [0.25, 0.3) is 0 Å². The smallest absolute Gasteiger partial charge is 0.0929 e. The van der Waals surface area contributed by atoms with Crippen molar-refractivity contribution >= 4 is 56.5 Å². The molecule has 13 rings (SSSR count). The van der Waals surface area contributed by atoms with E-state index in [1.807, 2.05) is 0 Å². The molecule has 0 atom stereocenters. The third kappa shape index (κ3) is 14.5. The van der Waals surface area contributed by atoms with Crippen molar-refractivity contribution < 1.29 is 0 Å². The molecule has 0 saturated heterocycles. The lowest BCUT2D eigenvalue weighted by atomic mass is 9.87. The number of allylic oxidation sites excluding steroid dienone is 6. The molecule has 108 heavy (non-hydrogen) atoms. The number of H-pyrrole nitrogens is 4. The van der Waals surface area contributed by atoms with Gasteiger partial charge in [-0.25, -0.2) is 20.0 Å². The number of benzene rings is 4. The Balaban J connectivity index is 1.34. The van der Waals surface area contributed by atoms with Gasteiger partial charge in [0.15, 0.2) is 0 Å². The Kier molecular flexibility index (Phi) is 22.2. The van der Waals surface area contributed by atoms with Crippen LogP contribution in [0.4, 0.5) is 0 Å². The van der Waals surface area contributed by atoms with Crippen LogP contribution in [0.1, 0.15) is 231 Å². The minimum Gasteiger partial charge on any atom is -0.353 e. The van der Waals surface area contributed by atoms with E-state index in [1.54, 1.807) is 0 Å². The van der Waals surface area contributed by atoms with E-state index >= 15 is 0 Å². The Morgan fingerprint density at radius 2 is 0.407 bits per heavy atom. The summed E-state index contributed by atoms with van der Waals surface area (Å²) in [4.78, 5) is 42.2. The third-order valence-electron chi connectivity index (χ3n) is 22.8. The minimum absolute atomic E-state index is 0.339. The summed E-state index contributed by atoms with van der Waals surface area (Å²) >= 11 is 0. The molecule has 0 amide bonds. The second-order valence-corrected chi connectivity index (χ2v) is 35.3. The zero-order chi connectivity index (χ0) is 77.2. The number of fused-ring (bicyclic) bond motifs is 12. The monoisotopic (exact) mass is 1430 g/mol. The molecule has 8 aromatic rings. The lowest BCUT2D eigenvalue weighted by Gasteiger charge is -2.15. The lowest BCUT2D eigenvalue weighted by Crippen LogP contribution is -2.23. The van der Waals surface area contributed by atoms with E-state index in [0.717, 1.165) is 184 Å². The molecule has 9 heterocycles. The fourth-order valence-electron chi connectivity index (χ4n) is 17.8. The fourth-order valence-corrected chi connectivity index (χ4v) is 17.8. The van der Waals surface area contributed by atoms with Gasteiger partial charge in [0, 0.05) is 22.3 Å².